The maximum atomic E-state index is 10.6. The Morgan fingerprint density at radius 1 is 1.53 bits per heavy atom. The van der Waals surface area contributed by atoms with Gasteiger partial charge in [-0.15, -0.1) is 12.4 Å². The Labute approximate surface area is 106 Å². The Morgan fingerprint density at radius 3 is 2.71 bits per heavy atom. The van der Waals surface area contributed by atoms with Gasteiger partial charge in [0.15, 0.2) is 5.75 Å². The van der Waals surface area contributed by atoms with E-state index >= 15 is 0 Å². The van der Waals surface area contributed by atoms with Crippen LogP contribution in [0, 0.1) is 10.1 Å². The second kappa shape index (κ2) is 7.09. The van der Waals surface area contributed by atoms with Gasteiger partial charge in [0.25, 0.3) is 0 Å². The first kappa shape index (κ1) is 15.7. The smallest absolute Gasteiger partial charge is 0.311 e. The van der Waals surface area contributed by atoms with Crippen molar-refractivity contribution in [1.82, 2.24) is 0 Å². The number of nitrogens with two attached hydrogens (primary N) is 1. The fraction of sp³-hybridized carbons (Fsp3) is 0.455. The number of phenols is 1. The van der Waals surface area contributed by atoms with Gasteiger partial charge < -0.3 is 10.8 Å². The molecule has 17 heavy (non-hydrogen) atoms. The van der Waals surface area contributed by atoms with Gasteiger partial charge in [-0.3, -0.25) is 10.1 Å². The molecule has 1 aromatic rings. The third-order valence-corrected chi connectivity index (χ3v) is 2.49. The first-order valence-electron chi connectivity index (χ1n) is 5.29. The summed E-state index contributed by atoms with van der Waals surface area (Å²) in [6.45, 7) is 2.06. The predicted molar refractivity (Wildman–Crippen MR) is 68.5 cm³/mol. The minimum Gasteiger partial charge on any atom is -0.502 e. The van der Waals surface area contributed by atoms with E-state index < -0.39 is 4.92 Å². The van der Waals surface area contributed by atoms with E-state index in [0.717, 1.165) is 19.3 Å². The minimum absolute atomic E-state index is 0. The Morgan fingerprint density at radius 2 is 2.18 bits per heavy atom. The molecule has 3 N–H and O–H groups in total. The van der Waals surface area contributed by atoms with E-state index in [0.29, 0.717) is 5.56 Å². The number of nitro benzene ring substituents is 1. The van der Waals surface area contributed by atoms with Crippen molar-refractivity contribution in [3.8, 4) is 5.75 Å². The van der Waals surface area contributed by atoms with Crippen molar-refractivity contribution in [3.63, 3.8) is 0 Å². The molecule has 1 rings (SSSR count). The number of unbranched alkanes of at least 4 members (excludes halogenated alkanes) is 1. The molecule has 0 heterocycles. The summed E-state index contributed by atoms with van der Waals surface area (Å²) in [4.78, 5) is 10.0. The Hall–Kier alpha value is -1.33. The lowest BCUT2D eigenvalue weighted by atomic mass is 10.0. The van der Waals surface area contributed by atoms with Crippen LogP contribution in [-0.4, -0.2) is 10.0 Å². The largest absolute Gasteiger partial charge is 0.502 e. The van der Waals surface area contributed by atoms with Crippen LogP contribution in [0.15, 0.2) is 18.2 Å². The molecule has 0 saturated carbocycles. The first-order valence-corrected chi connectivity index (χ1v) is 5.29. The Bertz CT molecular complexity index is 385. The van der Waals surface area contributed by atoms with E-state index in [-0.39, 0.29) is 29.9 Å². The standard InChI is InChI=1S/C11H16N2O3.ClH/c1-2-3-4-9(12)8-5-6-11(14)10(7-8)13(15)16;/h5-7,9,14H,2-4,12H2,1H3;1H/t9-;/m0./s1. The van der Waals surface area contributed by atoms with Crippen LogP contribution in [0.1, 0.15) is 37.8 Å². The molecule has 0 aliphatic rings. The molecule has 96 valence electrons. The van der Waals surface area contributed by atoms with Gasteiger partial charge in [-0.25, -0.2) is 0 Å². The molecule has 5 nitrogen and oxygen atoms in total. The zero-order valence-electron chi connectivity index (χ0n) is 9.63. The molecule has 0 aromatic heterocycles. The normalized spacial score (nSPS) is 11.6. The molecular weight excluding hydrogens is 244 g/mol. The summed E-state index contributed by atoms with van der Waals surface area (Å²) < 4.78 is 0. The summed E-state index contributed by atoms with van der Waals surface area (Å²) in [7, 11) is 0. The quantitative estimate of drug-likeness (QED) is 0.629. The predicted octanol–water partition coefficient (Wildman–Crippen LogP) is 2.91. The van der Waals surface area contributed by atoms with Gasteiger partial charge >= 0.3 is 5.69 Å². The third kappa shape index (κ3) is 4.20. The summed E-state index contributed by atoms with van der Waals surface area (Å²) in [6, 6.07) is 4.08. The Balaban J connectivity index is 0.00000256. The van der Waals surface area contributed by atoms with Gasteiger partial charge in [0.2, 0.25) is 0 Å². The lowest BCUT2D eigenvalue weighted by Crippen LogP contribution is -2.10. The fourth-order valence-electron chi connectivity index (χ4n) is 1.51. The van der Waals surface area contributed by atoms with Gasteiger partial charge in [-0.2, -0.15) is 0 Å². The second-order valence-electron chi connectivity index (χ2n) is 3.75. The lowest BCUT2D eigenvalue weighted by Gasteiger charge is -2.11. The molecule has 0 fully saturated rings. The maximum Gasteiger partial charge on any atom is 0.311 e. The molecule has 1 aromatic carbocycles. The van der Waals surface area contributed by atoms with Gasteiger partial charge in [0.05, 0.1) is 4.92 Å². The molecule has 0 bridgehead atoms. The van der Waals surface area contributed by atoms with Crippen molar-refractivity contribution in [1.29, 1.82) is 0 Å². The average molecular weight is 261 g/mol. The summed E-state index contributed by atoms with van der Waals surface area (Å²) >= 11 is 0. The van der Waals surface area contributed by atoms with E-state index in [2.05, 4.69) is 6.92 Å². The van der Waals surface area contributed by atoms with Crippen LogP contribution in [0.25, 0.3) is 0 Å². The highest BCUT2D eigenvalue weighted by Crippen LogP contribution is 2.29. The fourth-order valence-corrected chi connectivity index (χ4v) is 1.51. The van der Waals surface area contributed by atoms with Crippen LogP contribution in [-0.2, 0) is 0 Å². The summed E-state index contributed by atoms with van der Waals surface area (Å²) in [5, 5.41) is 19.9. The number of phenolic OH excluding ortho intramolecular Hbond substituents is 1. The number of aromatic hydroxyl groups is 1. The molecule has 0 amide bonds. The van der Waals surface area contributed by atoms with Crippen molar-refractivity contribution < 1.29 is 10.0 Å². The van der Waals surface area contributed by atoms with Crippen molar-refractivity contribution >= 4 is 18.1 Å². The van der Waals surface area contributed by atoms with Crippen LogP contribution in [0.2, 0.25) is 0 Å². The van der Waals surface area contributed by atoms with Crippen LogP contribution in [0.4, 0.5) is 5.69 Å². The van der Waals surface area contributed by atoms with Gasteiger partial charge in [-0.05, 0) is 18.1 Å². The van der Waals surface area contributed by atoms with Gasteiger partial charge in [0, 0.05) is 12.1 Å². The number of nitro groups is 1. The van der Waals surface area contributed by atoms with Crippen LogP contribution in [0.5, 0.6) is 5.75 Å². The Kier molecular flexibility index (Phi) is 6.53. The van der Waals surface area contributed by atoms with Crippen LogP contribution < -0.4 is 5.73 Å². The molecule has 0 aliphatic heterocycles. The van der Waals surface area contributed by atoms with Crippen molar-refractivity contribution in [2.45, 2.75) is 32.2 Å². The highest BCUT2D eigenvalue weighted by atomic mass is 35.5. The lowest BCUT2D eigenvalue weighted by molar-refractivity contribution is -0.385. The second-order valence-corrected chi connectivity index (χ2v) is 3.75. The van der Waals surface area contributed by atoms with Gasteiger partial charge in [-0.1, -0.05) is 25.8 Å². The molecule has 1 atom stereocenters. The highest BCUT2D eigenvalue weighted by Gasteiger charge is 2.16. The van der Waals surface area contributed by atoms with Crippen molar-refractivity contribution in [3.05, 3.63) is 33.9 Å². The summed E-state index contributed by atoms with van der Waals surface area (Å²) in [5.74, 6) is -0.323. The van der Waals surface area contributed by atoms with Crippen molar-refractivity contribution in [2.24, 2.45) is 5.73 Å². The molecule has 0 saturated heterocycles. The maximum absolute atomic E-state index is 10.6. The number of hydrogen-bond acceptors (Lipinski definition) is 4. The van der Waals surface area contributed by atoms with Crippen LogP contribution in [0.3, 0.4) is 0 Å². The number of benzene rings is 1. The van der Waals surface area contributed by atoms with Crippen LogP contribution >= 0.6 is 12.4 Å². The molecule has 6 heteroatoms. The first-order chi connectivity index (χ1) is 7.56. The van der Waals surface area contributed by atoms with Crippen molar-refractivity contribution in [2.75, 3.05) is 0 Å². The number of nitrogens with zero attached hydrogens (tertiary/aromatic N) is 1. The highest BCUT2D eigenvalue weighted by molar-refractivity contribution is 5.85. The van der Waals surface area contributed by atoms with Gasteiger partial charge in [0.1, 0.15) is 0 Å². The number of hydrogen-bond donors (Lipinski definition) is 2. The van der Waals surface area contributed by atoms with E-state index in [9.17, 15) is 15.2 Å². The van der Waals surface area contributed by atoms with E-state index in [1.165, 1.54) is 12.1 Å². The summed E-state index contributed by atoms with van der Waals surface area (Å²) in [5.41, 5.74) is 6.30. The van der Waals surface area contributed by atoms with E-state index in [4.69, 9.17) is 5.73 Å². The molecular formula is C11H17ClN2O3. The average Bonchev–Trinajstić information content (AvgIpc) is 2.26. The minimum atomic E-state index is -0.606. The molecule has 0 spiro atoms. The molecule has 0 radical (unpaired) electrons. The zero-order chi connectivity index (χ0) is 12.1. The number of halogens is 1. The summed E-state index contributed by atoms with van der Waals surface area (Å²) in [6.07, 6.45) is 2.81. The van der Waals surface area contributed by atoms with E-state index in [1.807, 2.05) is 0 Å². The topological polar surface area (TPSA) is 89.4 Å². The third-order valence-electron chi connectivity index (χ3n) is 2.49. The zero-order valence-corrected chi connectivity index (χ0v) is 10.4. The molecule has 0 unspecified atom stereocenters. The monoisotopic (exact) mass is 260 g/mol. The molecule has 0 aliphatic carbocycles. The SMILES string of the molecule is CCCC[C@H](N)c1ccc(O)c([N+](=O)[O-])c1.Cl. The number of rotatable bonds is 5. The van der Waals surface area contributed by atoms with E-state index in [1.54, 1.807) is 6.07 Å².